The van der Waals surface area contributed by atoms with E-state index in [9.17, 15) is 13.2 Å². The molecule has 0 aliphatic rings. The third-order valence-electron chi connectivity index (χ3n) is 2.30. The summed E-state index contributed by atoms with van der Waals surface area (Å²) in [5, 5.41) is 0. The van der Waals surface area contributed by atoms with Crippen LogP contribution in [0.5, 0.6) is 0 Å². The third-order valence-corrected chi connectivity index (χ3v) is 4.08. The fraction of sp³-hybridized carbons (Fsp3) is 0.357. The molecule has 4 nitrogen and oxygen atoms in total. The molecule has 1 rings (SSSR count). The molecular weight excluding hydrogens is 264 g/mol. The predicted octanol–water partition coefficient (Wildman–Crippen LogP) is 2.56. The van der Waals surface area contributed by atoms with Gasteiger partial charge in [0, 0.05) is 0 Å². The molecule has 0 aliphatic heterocycles. The van der Waals surface area contributed by atoms with Crippen molar-refractivity contribution < 1.29 is 17.9 Å². The van der Waals surface area contributed by atoms with Crippen LogP contribution in [0.3, 0.4) is 0 Å². The standard InChI is InChI=1S/C14H18O4S/c1-4-18-14(15)13(10-11(2)3)19(16,17)12-8-6-5-7-9-12/h5-11H,4H2,1-3H3/b13-10-. The molecular formula is C14H18O4S. The van der Waals surface area contributed by atoms with Gasteiger partial charge in [0.2, 0.25) is 9.84 Å². The fourth-order valence-electron chi connectivity index (χ4n) is 1.50. The first-order valence-electron chi connectivity index (χ1n) is 6.08. The predicted molar refractivity (Wildman–Crippen MR) is 73.2 cm³/mol. The molecule has 0 spiro atoms. The lowest BCUT2D eigenvalue weighted by Gasteiger charge is -2.09. The normalized spacial score (nSPS) is 12.5. The maximum absolute atomic E-state index is 12.4. The van der Waals surface area contributed by atoms with Crippen molar-refractivity contribution in [1.29, 1.82) is 0 Å². The summed E-state index contributed by atoms with van der Waals surface area (Å²) in [7, 11) is -3.83. The van der Waals surface area contributed by atoms with E-state index in [0.29, 0.717) is 0 Å². The molecule has 104 valence electrons. The molecule has 0 amide bonds. The molecule has 0 fully saturated rings. The number of ether oxygens (including phenoxy) is 1. The Morgan fingerprint density at radius 1 is 1.26 bits per heavy atom. The van der Waals surface area contributed by atoms with Gasteiger partial charge in [-0.15, -0.1) is 0 Å². The van der Waals surface area contributed by atoms with Crippen LogP contribution in [0.1, 0.15) is 20.8 Å². The van der Waals surface area contributed by atoms with Gasteiger partial charge in [0.1, 0.15) is 0 Å². The van der Waals surface area contributed by atoms with Crippen LogP contribution < -0.4 is 0 Å². The summed E-state index contributed by atoms with van der Waals surface area (Å²) >= 11 is 0. The molecule has 0 atom stereocenters. The van der Waals surface area contributed by atoms with Gasteiger partial charge in [-0.25, -0.2) is 13.2 Å². The summed E-state index contributed by atoms with van der Waals surface area (Å²) < 4.78 is 29.7. The molecule has 0 N–H and O–H groups in total. The van der Waals surface area contributed by atoms with Crippen molar-refractivity contribution in [3.05, 3.63) is 41.3 Å². The number of sulfone groups is 1. The molecule has 5 heteroatoms. The van der Waals surface area contributed by atoms with E-state index in [2.05, 4.69) is 0 Å². The van der Waals surface area contributed by atoms with Crippen molar-refractivity contribution in [2.75, 3.05) is 6.61 Å². The van der Waals surface area contributed by atoms with Crippen LogP contribution in [-0.2, 0) is 19.4 Å². The zero-order valence-corrected chi connectivity index (χ0v) is 12.1. The average Bonchev–Trinajstić information content (AvgIpc) is 2.37. The van der Waals surface area contributed by atoms with Crippen molar-refractivity contribution in [1.82, 2.24) is 0 Å². The summed E-state index contributed by atoms with van der Waals surface area (Å²) in [5.74, 6) is -0.877. The average molecular weight is 282 g/mol. The lowest BCUT2D eigenvalue weighted by atomic mass is 10.2. The molecule has 0 saturated heterocycles. The second-order valence-electron chi connectivity index (χ2n) is 4.31. The number of carbonyl (C=O) groups excluding carboxylic acids is 1. The molecule has 0 radical (unpaired) electrons. The van der Waals surface area contributed by atoms with Gasteiger partial charge in [0.15, 0.2) is 4.91 Å². The lowest BCUT2D eigenvalue weighted by Crippen LogP contribution is -2.17. The Labute approximate surface area is 114 Å². The van der Waals surface area contributed by atoms with Gasteiger partial charge in [0.05, 0.1) is 11.5 Å². The van der Waals surface area contributed by atoms with E-state index in [0.717, 1.165) is 0 Å². The summed E-state index contributed by atoms with van der Waals surface area (Å²) in [6, 6.07) is 7.87. The van der Waals surface area contributed by atoms with Crippen LogP contribution in [0.15, 0.2) is 46.2 Å². The molecule has 0 saturated carbocycles. The van der Waals surface area contributed by atoms with Gasteiger partial charge in [-0.2, -0.15) is 0 Å². The Balaban J connectivity index is 3.30. The van der Waals surface area contributed by atoms with Crippen LogP contribution in [0.25, 0.3) is 0 Å². The maximum atomic E-state index is 12.4. The minimum Gasteiger partial charge on any atom is -0.462 e. The zero-order chi connectivity index (χ0) is 14.5. The highest BCUT2D eigenvalue weighted by Crippen LogP contribution is 2.21. The van der Waals surface area contributed by atoms with Crippen LogP contribution in [-0.4, -0.2) is 21.0 Å². The first kappa shape index (κ1) is 15.4. The summed E-state index contributed by atoms with van der Waals surface area (Å²) in [5.41, 5.74) is 0. The smallest absolute Gasteiger partial charge is 0.349 e. The SMILES string of the molecule is CCOC(=O)/C(=C/C(C)C)S(=O)(=O)c1ccccc1. The van der Waals surface area contributed by atoms with Crippen molar-refractivity contribution in [2.24, 2.45) is 5.92 Å². The number of allylic oxidation sites excluding steroid dienone is 1. The molecule has 1 aromatic rings. The largest absolute Gasteiger partial charge is 0.462 e. The summed E-state index contributed by atoms with van der Waals surface area (Å²) in [6.45, 7) is 5.39. The number of hydrogen-bond acceptors (Lipinski definition) is 4. The second-order valence-corrected chi connectivity index (χ2v) is 6.23. The van der Waals surface area contributed by atoms with Gasteiger partial charge in [-0.3, -0.25) is 0 Å². The minimum atomic E-state index is -3.83. The van der Waals surface area contributed by atoms with Crippen molar-refractivity contribution in [3.8, 4) is 0 Å². The van der Waals surface area contributed by atoms with Crippen molar-refractivity contribution >= 4 is 15.8 Å². The molecule has 0 heterocycles. The van der Waals surface area contributed by atoms with E-state index in [1.807, 2.05) is 0 Å². The monoisotopic (exact) mass is 282 g/mol. The van der Waals surface area contributed by atoms with E-state index in [1.54, 1.807) is 39.0 Å². The van der Waals surface area contributed by atoms with Gasteiger partial charge < -0.3 is 4.74 Å². The molecule has 0 aromatic heterocycles. The topological polar surface area (TPSA) is 60.4 Å². The molecule has 1 aromatic carbocycles. The van der Waals surface area contributed by atoms with E-state index < -0.39 is 15.8 Å². The Morgan fingerprint density at radius 2 is 1.84 bits per heavy atom. The fourth-order valence-corrected chi connectivity index (χ4v) is 3.00. The van der Waals surface area contributed by atoms with Crippen LogP contribution >= 0.6 is 0 Å². The number of benzene rings is 1. The maximum Gasteiger partial charge on any atom is 0.349 e. The quantitative estimate of drug-likeness (QED) is 0.615. The first-order chi connectivity index (χ1) is 8.89. The van der Waals surface area contributed by atoms with E-state index in [-0.39, 0.29) is 22.3 Å². The van der Waals surface area contributed by atoms with Gasteiger partial charge in [0.25, 0.3) is 0 Å². The first-order valence-corrected chi connectivity index (χ1v) is 7.57. The Kier molecular flexibility index (Phi) is 5.30. The number of rotatable bonds is 5. The third kappa shape index (κ3) is 3.92. The molecule has 19 heavy (non-hydrogen) atoms. The molecule has 0 unspecified atom stereocenters. The Hall–Kier alpha value is -1.62. The number of hydrogen-bond donors (Lipinski definition) is 0. The number of esters is 1. The van der Waals surface area contributed by atoms with Crippen LogP contribution in [0, 0.1) is 5.92 Å². The lowest BCUT2D eigenvalue weighted by molar-refractivity contribution is -0.137. The van der Waals surface area contributed by atoms with Gasteiger partial charge in [-0.05, 0) is 25.0 Å². The summed E-state index contributed by atoms with van der Waals surface area (Å²) in [4.78, 5) is 11.6. The zero-order valence-electron chi connectivity index (χ0n) is 11.3. The highest BCUT2D eigenvalue weighted by molar-refractivity contribution is 7.96. The van der Waals surface area contributed by atoms with Crippen molar-refractivity contribution in [3.63, 3.8) is 0 Å². The van der Waals surface area contributed by atoms with E-state index in [4.69, 9.17) is 4.74 Å². The van der Waals surface area contributed by atoms with Crippen LogP contribution in [0.2, 0.25) is 0 Å². The molecule has 0 bridgehead atoms. The minimum absolute atomic E-state index is 0.0714. The second kappa shape index (κ2) is 6.52. The van der Waals surface area contributed by atoms with E-state index in [1.165, 1.54) is 18.2 Å². The summed E-state index contributed by atoms with van der Waals surface area (Å²) in [6.07, 6.45) is 1.42. The van der Waals surface area contributed by atoms with Gasteiger partial charge in [-0.1, -0.05) is 38.1 Å². The molecule has 0 aliphatic carbocycles. The highest BCUT2D eigenvalue weighted by atomic mass is 32.2. The van der Waals surface area contributed by atoms with Crippen LogP contribution in [0.4, 0.5) is 0 Å². The van der Waals surface area contributed by atoms with E-state index >= 15 is 0 Å². The Morgan fingerprint density at radius 3 is 2.32 bits per heavy atom. The highest BCUT2D eigenvalue weighted by Gasteiger charge is 2.28. The Bertz CT molecular complexity index is 556. The number of carbonyl (C=O) groups is 1. The van der Waals surface area contributed by atoms with Crippen molar-refractivity contribution in [2.45, 2.75) is 25.7 Å². The van der Waals surface area contributed by atoms with Gasteiger partial charge >= 0.3 is 5.97 Å².